The van der Waals surface area contributed by atoms with E-state index >= 15 is 0 Å². The Morgan fingerprint density at radius 3 is 2.90 bits per heavy atom. The van der Waals surface area contributed by atoms with Crippen molar-refractivity contribution >= 4 is 32.6 Å². The van der Waals surface area contributed by atoms with Gasteiger partial charge in [-0.25, -0.2) is 9.37 Å². The Bertz CT molecular complexity index is 825. The highest BCUT2D eigenvalue weighted by Crippen LogP contribution is 2.28. The number of thiazole rings is 1. The highest BCUT2D eigenvalue weighted by atomic mass is 32.1. The smallest absolute Gasteiger partial charge is 0.264 e. The van der Waals surface area contributed by atoms with Crippen molar-refractivity contribution in [2.75, 3.05) is 5.32 Å². The lowest BCUT2D eigenvalue weighted by Gasteiger charge is -2.04. The summed E-state index contributed by atoms with van der Waals surface area (Å²) in [5.41, 5.74) is 1.47. The van der Waals surface area contributed by atoms with E-state index in [9.17, 15) is 14.3 Å². The summed E-state index contributed by atoms with van der Waals surface area (Å²) in [5.74, 6) is -1.89. The number of aryl methyl sites for hydroxylation is 1. The number of nitrogens with zero attached hydrogens (tertiary/aromatic N) is 1. The molecule has 4 nitrogen and oxygen atoms in total. The minimum atomic E-state index is -0.774. The molecule has 3 aromatic rings. The van der Waals surface area contributed by atoms with Crippen LogP contribution in [-0.4, -0.2) is 16.0 Å². The van der Waals surface area contributed by atoms with Gasteiger partial charge in [-0.2, -0.15) is 0 Å². The van der Waals surface area contributed by atoms with Crippen molar-refractivity contribution in [3.8, 4) is 5.75 Å². The van der Waals surface area contributed by atoms with Crippen molar-refractivity contribution in [3.63, 3.8) is 0 Å². The predicted octanol–water partition coefficient (Wildman–Crippen LogP) is 3.70. The van der Waals surface area contributed by atoms with E-state index in [2.05, 4.69) is 10.3 Å². The number of phenolic OH excluding ortho intramolecular Hbond substituents is 1. The summed E-state index contributed by atoms with van der Waals surface area (Å²) in [5, 5.41) is 12.5. The fraction of sp³-hybridized carbons (Fsp3) is 0.0667. The molecule has 1 amide bonds. The first-order valence-corrected chi connectivity index (χ1v) is 7.02. The van der Waals surface area contributed by atoms with Gasteiger partial charge in [-0.15, -0.1) is 0 Å². The lowest BCUT2D eigenvalue weighted by molar-refractivity contribution is 0.102. The second-order valence-corrected chi connectivity index (χ2v) is 5.61. The highest BCUT2D eigenvalue weighted by Gasteiger charge is 2.18. The van der Waals surface area contributed by atoms with Gasteiger partial charge in [-0.3, -0.25) is 10.1 Å². The predicted molar refractivity (Wildman–Crippen MR) is 80.4 cm³/mol. The first-order chi connectivity index (χ1) is 10.0. The summed E-state index contributed by atoms with van der Waals surface area (Å²) in [6.07, 6.45) is 0. The number of hydrogen-bond donors (Lipinski definition) is 2. The molecule has 3 rings (SSSR count). The molecule has 0 radical (unpaired) electrons. The number of phenols is 1. The van der Waals surface area contributed by atoms with Crippen LogP contribution in [0.2, 0.25) is 0 Å². The van der Waals surface area contributed by atoms with Crippen LogP contribution in [0.4, 0.5) is 9.52 Å². The Morgan fingerprint density at radius 1 is 1.33 bits per heavy atom. The van der Waals surface area contributed by atoms with Gasteiger partial charge in [0.25, 0.3) is 5.91 Å². The van der Waals surface area contributed by atoms with Crippen molar-refractivity contribution in [3.05, 3.63) is 53.3 Å². The average molecular weight is 302 g/mol. The molecular weight excluding hydrogens is 291 g/mol. The van der Waals surface area contributed by atoms with Crippen LogP contribution in [0.25, 0.3) is 10.2 Å². The topological polar surface area (TPSA) is 62.2 Å². The van der Waals surface area contributed by atoms with Gasteiger partial charge in [0.1, 0.15) is 17.1 Å². The van der Waals surface area contributed by atoms with Gasteiger partial charge in [0.2, 0.25) is 0 Å². The first-order valence-electron chi connectivity index (χ1n) is 6.20. The Labute approximate surface area is 123 Å². The Kier molecular flexibility index (Phi) is 3.31. The molecule has 6 heteroatoms. The van der Waals surface area contributed by atoms with Crippen LogP contribution in [-0.2, 0) is 0 Å². The number of carbonyl (C=O) groups excluding carboxylic acids is 1. The molecule has 1 aromatic heterocycles. The molecule has 1 heterocycles. The van der Waals surface area contributed by atoms with Gasteiger partial charge in [0.05, 0.1) is 10.2 Å². The van der Waals surface area contributed by atoms with Crippen LogP contribution in [0.3, 0.4) is 0 Å². The normalized spacial score (nSPS) is 10.8. The number of aromatic nitrogens is 1. The van der Waals surface area contributed by atoms with Gasteiger partial charge in [-0.1, -0.05) is 23.5 Å². The molecule has 0 saturated heterocycles. The monoisotopic (exact) mass is 302 g/mol. The van der Waals surface area contributed by atoms with E-state index in [-0.39, 0.29) is 5.56 Å². The number of carbonyl (C=O) groups is 1. The quantitative estimate of drug-likeness (QED) is 0.758. The minimum absolute atomic E-state index is 0.364. The van der Waals surface area contributed by atoms with E-state index in [0.717, 1.165) is 21.8 Å². The largest absolute Gasteiger partial charge is 0.507 e. The number of anilines is 1. The molecule has 0 aliphatic heterocycles. The number of amides is 1. The fourth-order valence-electron chi connectivity index (χ4n) is 1.98. The van der Waals surface area contributed by atoms with E-state index in [0.29, 0.717) is 5.13 Å². The summed E-state index contributed by atoms with van der Waals surface area (Å²) in [6, 6.07) is 9.47. The number of fused-ring (bicyclic) bond motifs is 1. The van der Waals surface area contributed by atoms with Crippen molar-refractivity contribution < 1.29 is 14.3 Å². The lowest BCUT2D eigenvalue weighted by Crippen LogP contribution is -2.13. The van der Waals surface area contributed by atoms with E-state index < -0.39 is 17.5 Å². The Balaban J connectivity index is 1.93. The van der Waals surface area contributed by atoms with Gasteiger partial charge >= 0.3 is 0 Å². The van der Waals surface area contributed by atoms with Crippen LogP contribution < -0.4 is 5.32 Å². The van der Waals surface area contributed by atoms with Gasteiger partial charge in [0, 0.05) is 0 Å². The molecular formula is C15H11FN2O2S. The van der Waals surface area contributed by atoms with E-state index in [1.807, 2.05) is 25.1 Å². The zero-order chi connectivity index (χ0) is 15.0. The summed E-state index contributed by atoms with van der Waals surface area (Å²) in [6.45, 7) is 1.97. The third-order valence-corrected chi connectivity index (χ3v) is 3.92. The standard InChI is InChI=1S/C15H11FN2O2S/c1-8-5-6-10-12(7-8)21-15(17-10)18-14(20)13-9(16)3-2-4-11(13)19/h2-7,19H,1H3,(H,17,18,20). The summed E-state index contributed by atoms with van der Waals surface area (Å²) < 4.78 is 14.6. The number of hydrogen-bond acceptors (Lipinski definition) is 4. The van der Waals surface area contributed by atoms with E-state index in [1.165, 1.54) is 23.5 Å². The maximum absolute atomic E-state index is 13.6. The van der Waals surface area contributed by atoms with Gasteiger partial charge in [0.15, 0.2) is 5.13 Å². The van der Waals surface area contributed by atoms with Crippen LogP contribution in [0.15, 0.2) is 36.4 Å². The zero-order valence-electron chi connectivity index (χ0n) is 11.1. The third kappa shape index (κ3) is 2.57. The second-order valence-electron chi connectivity index (χ2n) is 4.58. The number of rotatable bonds is 2. The molecule has 2 N–H and O–H groups in total. The second kappa shape index (κ2) is 5.14. The first kappa shape index (κ1) is 13.5. The third-order valence-electron chi connectivity index (χ3n) is 2.98. The molecule has 2 aromatic carbocycles. The fourth-order valence-corrected chi connectivity index (χ4v) is 2.94. The molecule has 0 aliphatic carbocycles. The maximum atomic E-state index is 13.6. The lowest BCUT2D eigenvalue weighted by atomic mass is 10.2. The van der Waals surface area contributed by atoms with Crippen molar-refractivity contribution in [2.24, 2.45) is 0 Å². The van der Waals surface area contributed by atoms with Crippen LogP contribution in [0.1, 0.15) is 15.9 Å². The molecule has 0 spiro atoms. The van der Waals surface area contributed by atoms with Crippen LogP contribution in [0, 0.1) is 12.7 Å². The SMILES string of the molecule is Cc1ccc2nc(NC(=O)c3c(O)cccc3F)sc2c1. The molecule has 0 atom stereocenters. The summed E-state index contributed by atoms with van der Waals surface area (Å²) in [7, 11) is 0. The molecule has 21 heavy (non-hydrogen) atoms. The Morgan fingerprint density at radius 2 is 2.14 bits per heavy atom. The molecule has 106 valence electrons. The molecule has 0 bridgehead atoms. The van der Waals surface area contributed by atoms with Gasteiger partial charge < -0.3 is 5.11 Å². The van der Waals surface area contributed by atoms with Gasteiger partial charge in [-0.05, 0) is 36.8 Å². The van der Waals surface area contributed by atoms with Crippen molar-refractivity contribution in [1.82, 2.24) is 4.98 Å². The summed E-state index contributed by atoms with van der Waals surface area (Å²) >= 11 is 1.30. The molecule has 0 unspecified atom stereocenters. The van der Waals surface area contributed by atoms with Crippen LogP contribution in [0.5, 0.6) is 5.75 Å². The van der Waals surface area contributed by atoms with E-state index in [4.69, 9.17) is 0 Å². The van der Waals surface area contributed by atoms with Crippen molar-refractivity contribution in [1.29, 1.82) is 0 Å². The molecule has 0 aliphatic rings. The molecule has 0 fully saturated rings. The van der Waals surface area contributed by atoms with Crippen LogP contribution >= 0.6 is 11.3 Å². The Hall–Kier alpha value is -2.47. The zero-order valence-corrected chi connectivity index (χ0v) is 11.9. The number of benzene rings is 2. The maximum Gasteiger partial charge on any atom is 0.264 e. The number of aromatic hydroxyl groups is 1. The summed E-state index contributed by atoms with van der Waals surface area (Å²) in [4.78, 5) is 16.3. The minimum Gasteiger partial charge on any atom is -0.507 e. The average Bonchev–Trinajstić information content (AvgIpc) is 2.79. The number of halogens is 1. The number of nitrogens with one attached hydrogen (secondary N) is 1. The van der Waals surface area contributed by atoms with Crippen molar-refractivity contribution in [2.45, 2.75) is 6.92 Å². The van der Waals surface area contributed by atoms with E-state index in [1.54, 1.807) is 0 Å². The molecule has 0 saturated carbocycles. The highest BCUT2D eigenvalue weighted by molar-refractivity contribution is 7.22.